The first-order chi connectivity index (χ1) is 14.0. The highest BCUT2D eigenvalue weighted by Gasteiger charge is 2.33. The maximum Gasteiger partial charge on any atom is 0.257 e. The van der Waals surface area contributed by atoms with Gasteiger partial charge in [-0.05, 0) is 55.3 Å². The number of thiazole rings is 1. The molecule has 6 nitrogen and oxygen atoms in total. The first-order valence-electron chi connectivity index (χ1n) is 9.05. The summed E-state index contributed by atoms with van der Waals surface area (Å²) in [5.41, 5.74) is 1.57. The van der Waals surface area contributed by atoms with Gasteiger partial charge in [-0.15, -0.1) is 11.3 Å². The lowest BCUT2D eigenvalue weighted by Crippen LogP contribution is -2.20. The average Bonchev–Trinajstić information content (AvgIpc) is 3.28. The van der Waals surface area contributed by atoms with Crippen molar-refractivity contribution in [3.05, 3.63) is 70.5 Å². The van der Waals surface area contributed by atoms with Crippen LogP contribution in [0.3, 0.4) is 0 Å². The van der Waals surface area contributed by atoms with E-state index in [9.17, 15) is 14.0 Å². The monoisotopic (exact) mass is 411 g/mol. The summed E-state index contributed by atoms with van der Waals surface area (Å²) in [6, 6.07) is 12.5. The van der Waals surface area contributed by atoms with Crippen LogP contribution in [0.4, 0.5) is 15.2 Å². The fourth-order valence-electron chi connectivity index (χ4n) is 3.24. The summed E-state index contributed by atoms with van der Waals surface area (Å²) in [6.45, 7) is 0. The maximum atomic E-state index is 13.3. The largest absolute Gasteiger partial charge is 0.497 e. The molecule has 0 radical (unpaired) electrons. The summed E-state index contributed by atoms with van der Waals surface area (Å²) in [4.78, 5) is 30.5. The van der Waals surface area contributed by atoms with E-state index in [0.29, 0.717) is 40.7 Å². The lowest BCUT2D eigenvalue weighted by atomic mass is 10.1. The van der Waals surface area contributed by atoms with E-state index in [1.807, 2.05) is 0 Å². The molecule has 2 N–H and O–H groups in total. The van der Waals surface area contributed by atoms with Gasteiger partial charge >= 0.3 is 0 Å². The Morgan fingerprint density at radius 2 is 1.97 bits per heavy atom. The van der Waals surface area contributed by atoms with Crippen molar-refractivity contribution in [1.29, 1.82) is 0 Å². The van der Waals surface area contributed by atoms with Gasteiger partial charge in [0.25, 0.3) is 5.91 Å². The van der Waals surface area contributed by atoms with Crippen LogP contribution in [-0.2, 0) is 11.2 Å². The Labute approximate surface area is 170 Å². The Morgan fingerprint density at radius 1 is 1.17 bits per heavy atom. The summed E-state index contributed by atoms with van der Waals surface area (Å²) in [5.74, 6) is -0.668. The zero-order valence-corrected chi connectivity index (χ0v) is 16.4. The van der Waals surface area contributed by atoms with E-state index in [0.717, 1.165) is 4.88 Å². The molecule has 0 saturated carbocycles. The van der Waals surface area contributed by atoms with Crippen molar-refractivity contribution in [2.75, 3.05) is 17.7 Å². The fraction of sp³-hybridized carbons (Fsp3) is 0.190. The van der Waals surface area contributed by atoms with Crippen LogP contribution in [0, 0.1) is 5.82 Å². The Balaban J connectivity index is 1.45. The van der Waals surface area contributed by atoms with Crippen LogP contribution >= 0.6 is 11.3 Å². The number of hydrogen-bond donors (Lipinski definition) is 2. The molecule has 0 bridgehead atoms. The molecule has 1 aliphatic rings. The van der Waals surface area contributed by atoms with Gasteiger partial charge in [-0.2, -0.15) is 0 Å². The van der Waals surface area contributed by atoms with Crippen molar-refractivity contribution in [2.24, 2.45) is 0 Å². The summed E-state index contributed by atoms with van der Waals surface area (Å²) in [5, 5.41) is 5.98. The molecule has 0 saturated heterocycles. The second kappa shape index (κ2) is 8.00. The smallest absolute Gasteiger partial charge is 0.257 e. The quantitative estimate of drug-likeness (QED) is 0.659. The number of aromatic nitrogens is 1. The molecule has 1 unspecified atom stereocenters. The van der Waals surface area contributed by atoms with E-state index >= 15 is 0 Å². The lowest BCUT2D eigenvalue weighted by molar-refractivity contribution is -0.117. The number of aryl methyl sites for hydroxylation is 1. The number of carbonyl (C=O) groups is 2. The number of carbonyl (C=O) groups excluding carboxylic acids is 2. The maximum absolute atomic E-state index is 13.3. The van der Waals surface area contributed by atoms with Crippen LogP contribution in [0.5, 0.6) is 5.75 Å². The number of hydrogen-bond acceptors (Lipinski definition) is 5. The number of fused-ring (bicyclic) bond motifs is 1. The number of benzene rings is 2. The number of anilines is 2. The number of nitrogens with zero attached hydrogens (tertiary/aromatic N) is 1. The highest BCUT2D eigenvalue weighted by Crippen LogP contribution is 2.39. The molecule has 1 atom stereocenters. The van der Waals surface area contributed by atoms with Crippen LogP contribution in [0.2, 0.25) is 0 Å². The minimum atomic E-state index is -0.420. The minimum Gasteiger partial charge on any atom is -0.497 e. The van der Waals surface area contributed by atoms with Gasteiger partial charge in [0.05, 0.1) is 18.7 Å². The van der Waals surface area contributed by atoms with Crippen molar-refractivity contribution < 1.29 is 18.7 Å². The van der Waals surface area contributed by atoms with Gasteiger partial charge in [0.15, 0.2) is 5.13 Å². The minimum absolute atomic E-state index is 0.229. The van der Waals surface area contributed by atoms with E-state index in [2.05, 4.69) is 15.6 Å². The predicted octanol–water partition coefficient (Wildman–Crippen LogP) is 4.21. The van der Waals surface area contributed by atoms with E-state index in [4.69, 9.17) is 4.74 Å². The first-order valence-corrected chi connectivity index (χ1v) is 9.86. The Hall–Kier alpha value is -3.26. The van der Waals surface area contributed by atoms with Gasteiger partial charge in [-0.25, -0.2) is 9.37 Å². The van der Waals surface area contributed by atoms with Gasteiger partial charge in [-0.1, -0.05) is 6.07 Å². The molecule has 1 heterocycles. The Morgan fingerprint density at radius 3 is 2.69 bits per heavy atom. The van der Waals surface area contributed by atoms with Gasteiger partial charge < -0.3 is 10.1 Å². The zero-order valence-electron chi connectivity index (χ0n) is 15.6. The van der Waals surface area contributed by atoms with Gasteiger partial charge in [0.1, 0.15) is 11.6 Å². The molecule has 1 aliphatic carbocycles. The van der Waals surface area contributed by atoms with E-state index < -0.39 is 11.7 Å². The number of amides is 2. The first kappa shape index (κ1) is 19.1. The molecule has 29 heavy (non-hydrogen) atoms. The molecule has 0 aliphatic heterocycles. The SMILES string of the molecule is COc1ccc(C(=O)Nc2nc3c(s2)CCC3C(=O)Nc2cccc(F)c2)cc1. The van der Waals surface area contributed by atoms with Gasteiger partial charge in [0.2, 0.25) is 5.91 Å². The summed E-state index contributed by atoms with van der Waals surface area (Å²) in [7, 11) is 1.56. The standard InChI is InChI=1S/C21H18FN3O3S/c1-28-15-7-5-12(6-8-15)19(26)25-21-24-18-16(9-10-17(18)29-21)20(27)23-14-4-2-3-13(22)11-14/h2-8,11,16H,9-10H2,1H3,(H,23,27)(H,24,25,26). The van der Waals surface area contributed by atoms with Crippen LogP contribution in [0.25, 0.3) is 0 Å². The molecule has 3 aromatic rings. The highest BCUT2D eigenvalue weighted by molar-refractivity contribution is 7.16. The molecular formula is C21H18FN3O3S. The van der Waals surface area contributed by atoms with Crippen molar-refractivity contribution in [2.45, 2.75) is 18.8 Å². The van der Waals surface area contributed by atoms with Gasteiger partial charge in [0, 0.05) is 16.1 Å². The number of ether oxygens (including phenoxy) is 1. The summed E-state index contributed by atoms with van der Waals surface area (Å²) in [6.07, 6.45) is 1.36. The molecule has 1 aromatic heterocycles. The van der Waals surface area contributed by atoms with E-state index in [1.54, 1.807) is 43.5 Å². The Bertz CT molecular complexity index is 1070. The van der Waals surface area contributed by atoms with Crippen molar-refractivity contribution in [3.63, 3.8) is 0 Å². The average molecular weight is 411 g/mol. The highest BCUT2D eigenvalue weighted by atomic mass is 32.1. The van der Waals surface area contributed by atoms with Crippen LogP contribution in [0.15, 0.2) is 48.5 Å². The molecular weight excluding hydrogens is 393 g/mol. The molecule has 0 spiro atoms. The van der Waals surface area contributed by atoms with Gasteiger partial charge in [-0.3, -0.25) is 14.9 Å². The van der Waals surface area contributed by atoms with E-state index in [-0.39, 0.29) is 11.8 Å². The normalized spacial score (nSPS) is 14.9. The van der Waals surface area contributed by atoms with Crippen molar-refractivity contribution in [1.82, 2.24) is 4.98 Å². The second-order valence-electron chi connectivity index (χ2n) is 6.60. The second-order valence-corrected chi connectivity index (χ2v) is 7.68. The van der Waals surface area contributed by atoms with Crippen LogP contribution in [-0.4, -0.2) is 23.9 Å². The Kier molecular flexibility index (Phi) is 5.26. The van der Waals surface area contributed by atoms with Crippen molar-refractivity contribution >= 4 is 34.0 Å². The number of nitrogens with one attached hydrogen (secondary N) is 2. The number of rotatable bonds is 5. The third-order valence-corrected chi connectivity index (χ3v) is 5.75. The van der Waals surface area contributed by atoms with Crippen LogP contribution < -0.4 is 15.4 Å². The number of methoxy groups -OCH3 is 1. The third kappa shape index (κ3) is 4.12. The summed E-state index contributed by atoms with van der Waals surface area (Å²) >= 11 is 1.37. The third-order valence-electron chi connectivity index (χ3n) is 4.70. The fourth-order valence-corrected chi connectivity index (χ4v) is 4.28. The molecule has 8 heteroatoms. The molecule has 2 aromatic carbocycles. The van der Waals surface area contributed by atoms with Crippen LogP contribution in [0.1, 0.15) is 33.3 Å². The number of halogens is 1. The summed E-state index contributed by atoms with van der Waals surface area (Å²) < 4.78 is 18.4. The lowest BCUT2D eigenvalue weighted by Gasteiger charge is -2.10. The topological polar surface area (TPSA) is 80.3 Å². The predicted molar refractivity (Wildman–Crippen MR) is 109 cm³/mol. The zero-order chi connectivity index (χ0) is 20.4. The molecule has 4 rings (SSSR count). The van der Waals surface area contributed by atoms with E-state index in [1.165, 1.54) is 23.5 Å². The van der Waals surface area contributed by atoms with Crippen molar-refractivity contribution in [3.8, 4) is 5.75 Å². The molecule has 0 fully saturated rings. The molecule has 2 amide bonds. The molecule has 148 valence electrons.